The molecule has 0 saturated carbocycles. The first-order valence-corrected chi connectivity index (χ1v) is 5.10. The molecule has 1 heterocycles. The minimum Gasteiger partial charge on any atom is -0.444 e. The van der Waals surface area contributed by atoms with Gasteiger partial charge in [0.1, 0.15) is 5.60 Å². The zero-order valence-electron chi connectivity index (χ0n) is 9.43. The molecule has 2 atom stereocenters. The minimum absolute atomic E-state index is 0.00940. The fourth-order valence-corrected chi connectivity index (χ4v) is 1.58. The number of nitrogens with zero attached hydrogens (tertiary/aromatic N) is 1. The highest BCUT2D eigenvalue weighted by atomic mass is 16.6. The van der Waals surface area contributed by atoms with Crippen LogP contribution in [0.5, 0.6) is 0 Å². The van der Waals surface area contributed by atoms with Gasteiger partial charge >= 0.3 is 6.09 Å². The summed E-state index contributed by atoms with van der Waals surface area (Å²) in [6, 6.07) is -0.301. The zero-order chi connectivity index (χ0) is 11.6. The van der Waals surface area contributed by atoms with Crippen LogP contribution in [-0.2, 0) is 4.74 Å². The fourth-order valence-electron chi connectivity index (χ4n) is 1.58. The number of aliphatic hydroxyl groups is 2. The molecule has 1 aliphatic rings. The second kappa shape index (κ2) is 4.37. The standard InChI is InChI=1S/C10H19NO4/c1-10(2,3)15-9(14)11-4-7(5-12)8(11)6-13/h7-8,12-13H,4-6H2,1-3H3/t7-,8-/m1/s1. The monoisotopic (exact) mass is 217 g/mol. The molecule has 1 amide bonds. The van der Waals surface area contributed by atoms with Gasteiger partial charge in [0.05, 0.1) is 12.6 Å². The van der Waals surface area contributed by atoms with E-state index in [2.05, 4.69) is 0 Å². The molecule has 0 spiro atoms. The van der Waals surface area contributed by atoms with Gasteiger partial charge < -0.3 is 19.8 Å². The average molecular weight is 217 g/mol. The molecule has 2 N–H and O–H groups in total. The lowest BCUT2D eigenvalue weighted by molar-refractivity contribution is -0.0588. The summed E-state index contributed by atoms with van der Waals surface area (Å²) < 4.78 is 5.16. The first kappa shape index (κ1) is 12.3. The van der Waals surface area contributed by atoms with Gasteiger partial charge in [0, 0.05) is 19.1 Å². The molecule has 15 heavy (non-hydrogen) atoms. The lowest BCUT2D eigenvalue weighted by atomic mass is 9.90. The number of amides is 1. The van der Waals surface area contributed by atoms with Crippen molar-refractivity contribution in [3.05, 3.63) is 0 Å². The molecular formula is C10H19NO4. The second-order valence-electron chi connectivity index (χ2n) is 4.83. The van der Waals surface area contributed by atoms with E-state index < -0.39 is 11.7 Å². The smallest absolute Gasteiger partial charge is 0.410 e. The van der Waals surface area contributed by atoms with Gasteiger partial charge in [-0.15, -0.1) is 0 Å². The van der Waals surface area contributed by atoms with Crippen LogP contribution < -0.4 is 0 Å². The number of hydrogen-bond acceptors (Lipinski definition) is 4. The highest BCUT2D eigenvalue weighted by Gasteiger charge is 2.42. The molecule has 0 aliphatic carbocycles. The largest absolute Gasteiger partial charge is 0.444 e. The molecule has 0 radical (unpaired) electrons. The summed E-state index contributed by atoms with van der Waals surface area (Å²) in [7, 11) is 0. The predicted molar refractivity (Wildman–Crippen MR) is 54.4 cm³/mol. The molecule has 0 bridgehead atoms. The summed E-state index contributed by atoms with van der Waals surface area (Å²) in [4.78, 5) is 13.0. The SMILES string of the molecule is CC(C)(C)OC(=O)N1C[C@H](CO)[C@H]1CO. The van der Waals surface area contributed by atoms with Crippen molar-refractivity contribution in [3.63, 3.8) is 0 Å². The van der Waals surface area contributed by atoms with Crippen molar-refractivity contribution < 1.29 is 19.7 Å². The summed E-state index contributed by atoms with van der Waals surface area (Å²) in [5.41, 5.74) is -0.526. The molecule has 0 aromatic rings. The van der Waals surface area contributed by atoms with E-state index in [1.54, 1.807) is 20.8 Å². The maximum atomic E-state index is 11.6. The molecule has 1 aliphatic heterocycles. The molecule has 0 aromatic heterocycles. The molecule has 5 heteroatoms. The zero-order valence-corrected chi connectivity index (χ0v) is 9.43. The Balaban J connectivity index is 2.49. The van der Waals surface area contributed by atoms with Gasteiger partial charge in [0.15, 0.2) is 0 Å². The molecule has 0 unspecified atom stereocenters. The van der Waals surface area contributed by atoms with E-state index in [0.29, 0.717) is 6.54 Å². The third kappa shape index (κ3) is 2.82. The number of hydrogen-bond donors (Lipinski definition) is 2. The van der Waals surface area contributed by atoms with Crippen LogP contribution in [-0.4, -0.2) is 52.6 Å². The van der Waals surface area contributed by atoms with Crippen LogP contribution in [0.3, 0.4) is 0 Å². The molecular weight excluding hydrogens is 198 g/mol. The number of carbonyl (C=O) groups excluding carboxylic acids is 1. The van der Waals surface area contributed by atoms with Crippen LogP contribution in [0.1, 0.15) is 20.8 Å². The van der Waals surface area contributed by atoms with E-state index in [-0.39, 0.29) is 25.2 Å². The van der Waals surface area contributed by atoms with Crippen LogP contribution in [0.25, 0.3) is 0 Å². The maximum Gasteiger partial charge on any atom is 0.410 e. The van der Waals surface area contributed by atoms with Gasteiger partial charge in [-0.05, 0) is 20.8 Å². The number of aliphatic hydroxyl groups excluding tert-OH is 2. The van der Waals surface area contributed by atoms with E-state index in [0.717, 1.165) is 0 Å². The van der Waals surface area contributed by atoms with Gasteiger partial charge in [-0.3, -0.25) is 0 Å². The lowest BCUT2D eigenvalue weighted by Gasteiger charge is -2.46. The minimum atomic E-state index is -0.526. The van der Waals surface area contributed by atoms with Crippen LogP contribution in [0.4, 0.5) is 4.79 Å². The quantitative estimate of drug-likeness (QED) is 0.693. The highest BCUT2D eigenvalue weighted by molar-refractivity contribution is 5.69. The van der Waals surface area contributed by atoms with Crippen LogP contribution >= 0.6 is 0 Å². The van der Waals surface area contributed by atoms with E-state index >= 15 is 0 Å². The normalized spacial score (nSPS) is 26.1. The first-order valence-electron chi connectivity index (χ1n) is 5.10. The summed E-state index contributed by atoms with van der Waals surface area (Å²) >= 11 is 0. The van der Waals surface area contributed by atoms with Crippen LogP contribution in [0.2, 0.25) is 0 Å². The van der Waals surface area contributed by atoms with Crippen molar-refractivity contribution in [3.8, 4) is 0 Å². The van der Waals surface area contributed by atoms with E-state index in [4.69, 9.17) is 14.9 Å². The number of likely N-dealkylation sites (tertiary alicyclic amines) is 1. The molecule has 1 rings (SSSR count). The van der Waals surface area contributed by atoms with Gasteiger partial charge in [-0.25, -0.2) is 4.79 Å². The lowest BCUT2D eigenvalue weighted by Crippen LogP contribution is -2.62. The molecule has 1 fully saturated rings. The molecule has 0 aromatic carbocycles. The van der Waals surface area contributed by atoms with E-state index in [1.165, 1.54) is 4.90 Å². The van der Waals surface area contributed by atoms with Gasteiger partial charge in [-0.1, -0.05) is 0 Å². The third-order valence-corrected chi connectivity index (χ3v) is 2.43. The molecule has 88 valence electrons. The Kier molecular flexibility index (Phi) is 3.57. The summed E-state index contributed by atoms with van der Waals surface area (Å²) in [5, 5.41) is 18.0. The van der Waals surface area contributed by atoms with Crippen molar-refractivity contribution in [1.29, 1.82) is 0 Å². The Bertz CT molecular complexity index is 236. The van der Waals surface area contributed by atoms with Gasteiger partial charge in [0.2, 0.25) is 0 Å². The number of ether oxygens (including phenoxy) is 1. The Labute approximate surface area is 89.6 Å². The number of rotatable bonds is 2. The predicted octanol–water partition coefficient (Wildman–Crippen LogP) is 0.207. The Morgan fingerprint density at radius 3 is 2.40 bits per heavy atom. The van der Waals surface area contributed by atoms with E-state index in [1.807, 2.05) is 0 Å². The topological polar surface area (TPSA) is 70.0 Å². The van der Waals surface area contributed by atoms with Crippen molar-refractivity contribution in [1.82, 2.24) is 4.90 Å². The Hall–Kier alpha value is -0.810. The maximum absolute atomic E-state index is 11.6. The van der Waals surface area contributed by atoms with Crippen LogP contribution in [0.15, 0.2) is 0 Å². The van der Waals surface area contributed by atoms with Crippen molar-refractivity contribution in [2.45, 2.75) is 32.4 Å². The van der Waals surface area contributed by atoms with Crippen molar-refractivity contribution in [2.24, 2.45) is 5.92 Å². The van der Waals surface area contributed by atoms with Crippen LogP contribution in [0, 0.1) is 5.92 Å². The molecule has 1 saturated heterocycles. The summed E-state index contributed by atoms with van der Waals surface area (Å²) in [5.74, 6) is -0.0254. The summed E-state index contributed by atoms with van der Waals surface area (Å²) in [6.45, 7) is 5.69. The third-order valence-electron chi connectivity index (χ3n) is 2.43. The average Bonchev–Trinajstić information content (AvgIpc) is 2.00. The Morgan fingerprint density at radius 2 is 2.00 bits per heavy atom. The second-order valence-corrected chi connectivity index (χ2v) is 4.83. The van der Waals surface area contributed by atoms with E-state index in [9.17, 15) is 4.79 Å². The highest BCUT2D eigenvalue weighted by Crippen LogP contribution is 2.26. The number of carbonyl (C=O) groups is 1. The van der Waals surface area contributed by atoms with Crippen molar-refractivity contribution >= 4 is 6.09 Å². The summed E-state index contributed by atoms with van der Waals surface area (Å²) in [6.07, 6.45) is -0.425. The molecule has 5 nitrogen and oxygen atoms in total. The van der Waals surface area contributed by atoms with Gasteiger partial charge in [-0.2, -0.15) is 0 Å². The van der Waals surface area contributed by atoms with Gasteiger partial charge in [0.25, 0.3) is 0 Å². The van der Waals surface area contributed by atoms with Crippen molar-refractivity contribution in [2.75, 3.05) is 19.8 Å². The first-order chi connectivity index (χ1) is 6.89. The fraction of sp³-hybridized carbons (Fsp3) is 0.900. The Morgan fingerprint density at radius 1 is 1.40 bits per heavy atom.